The molecule has 1 aromatic heterocycles. The molecular formula is C25H20ClNO8. The number of furan rings is 1. The molecule has 2 aromatic carbocycles. The lowest BCUT2D eigenvalue weighted by molar-refractivity contribution is -0.132. The molecule has 1 saturated heterocycles. The Labute approximate surface area is 205 Å². The second kappa shape index (κ2) is 9.55. The predicted octanol–water partition coefficient (Wildman–Crippen LogP) is 4.36. The molecule has 4 rings (SSSR count). The van der Waals surface area contributed by atoms with E-state index in [1.165, 1.54) is 51.9 Å². The number of anilines is 1. The number of ether oxygens (including phenoxy) is 3. The van der Waals surface area contributed by atoms with Gasteiger partial charge in [-0.15, -0.1) is 0 Å². The fourth-order valence-electron chi connectivity index (χ4n) is 3.91. The van der Waals surface area contributed by atoms with E-state index in [2.05, 4.69) is 0 Å². The number of aliphatic hydroxyl groups is 1. The zero-order valence-electron chi connectivity index (χ0n) is 18.9. The lowest BCUT2D eigenvalue weighted by atomic mass is 9.98. The molecule has 0 bridgehead atoms. The monoisotopic (exact) mass is 497 g/mol. The van der Waals surface area contributed by atoms with Crippen LogP contribution in [0.25, 0.3) is 5.76 Å². The summed E-state index contributed by atoms with van der Waals surface area (Å²) in [5, 5.41) is 11.6. The first-order chi connectivity index (χ1) is 16.8. The summed E-state index contributed by atoms with van der Waals surface area (Å²) in [5.41, 5.74) is 0.257. The molecule has 0 saturated carbocycles. The molecule has 1 unspecified atom stereocenters. The minimum absolute atomic E-state index is 0.0895. The van der Waals surface area contributed by atoms with E-state index in [9.17, 15) is 19.5 Å². The quantitative estimate of drug-likeness (QED) is 0.231. The highest BCUT2D eigenvalue weighted by Crippen LogP contribution is 2.45. The second-order valence-corrected chi connectivity index (χ2v) is 7.82. The van der Waals surface area contributed by atoms with Gasteiger partial charge in [0.15, 0.2) is 0 Å². The van der Waals surface area contributed by atoms with Gasteiger partial charge in [0.05, 0.1) is 49.3 Å². The molecule has 9 nitrogen and oxygen atoms in total. The third-order valence-electron chi connectivity index (χ3n) is 5.53. The van der Waals surface area contributed by atoms with Crippen molar-refractivity contribution in [3.8, 4) is 11.5 Å². The van der Waals surface area contributed by atoms with E-state index in [1.807, 2.05) is 0 Å². The molecule has 10 heteroatoms. The molecule has 0 radical (unpaired) electrons. The number of carbonyl (C=O) groups excluding carboxylic acids is 3. The Hall–Kier alpha value is -4.24. The van der Waals surface area contributed by atoms with Crippen LogP contribution >= 0.6 is 11.6 Å². The lowest BCUT2D eigenvalue weighted by Gasteiger charge is -2.24. The van der Waals surface area contributed by atoms with Crippen molar-refractivity contribution in [2.24, 2.45) is 0 Å². The van der Waals surface area contributed by atoms with E-state index in [1.54, 1.807) is 24.3 Å². The molecule has 3 aromatic rings. The molecule has 0 spiro atoms. The lowest BCUT2D eigenvalue weighted by Crippen LogP contribution is -2.29. The molecule has 1 aliphatic heterocycles. The summed E-state index contributed by atoms with van der Waals surface area (Å²) < 4.78 is 20.9. The maximum atomic E-state index is 13.3. The number of amides is 1. The number of methoxy groups -OCH3 is 3. The van der Waals surface area contributed by atoms with Crippen LogP contribution in [0.3, 0.4) is 0 Å². The molecule has 1 amide bonds. The SMILES string of the molecule is COC(=O)c1cccc(N2C(=O)C(=O)/C(=C(/O)c3cc(OC)c(Cl)cc3OC)C2c2ccco2)c1. The molecule has 1 aliphatic rings. The van der Waals surface area contributed by atoms with E-state index < -0.39 is 29.5 Å². The van der Waals surface area contributed by atoms with Crippen LogP contribution in [0.5, 0.6) is 11.5 Å². The molecular weight excluding hydrogens is 478 g/mol. The zero-order valence-corrected chi connectivity index (χ0v) is 19.7. The van der Waals surface area contributed by atoms with Crippen LogP contribution in [0.2, 0.25) is 5.02 Å². The van der Waals surface area contributed by atoms with Crippen molar-refractivity contribution in [1.29, 1.82) is 0 Å². The number of esters is 1. The number of rotatable bonds is 6. The molecule has 35 heavy (non-hydrogen) atoms. The van der Waals surface area contributed by atoms with E-state index >= 15 is 0 Å². The molecule has 1 fully saturated rings. The molecule has 2 heterocycles. The number of Topliss-reactive ketones (excluding diaryl/α,β-unsaturated/α-hetero) is 1. The first-order valence-corrected chi connectivity index (χ1v) is 10.6. The van der Waals surface area contributed by atoms with Gasteiger partial charge in [-0.25, -0.2) is 4.79 Å². The summed E-state index contributed by atoms with van der Waals surface area (Å²) in [6, 6.07) is 10.9. The summed E-state index contributed by atoms with van der Waals surface area (Å²) >= 11 is 6.18. The van der Waals surface area contributed by atoms with Crippen molar-refractivity contribution in [3.05, 3.63) is 82.3 Å². The Kier molecular flexibility index (Phi) is 6.52. The Bertz CT molecular complexity index is 1350. The number of hydrogen-bond donors (Lipinski definition) is 1. The first-order valence-electron chi connectivity index (χ1n) is 10.3. The van der Waals surface area contributed by atoms with Gasteiger partial charge in [-0.05, 0) is 36.4 Å². The van der Waals surface area contributed by atoms with Gasteiger partial charge < -0.3 is 23.7 Å². The maximum Gasteiger partial charge on any atom is 0.337 e. The molecule has 1 N–H and O–H groups in total. The third-order valence-corrected chi connectivity index (χ3v) is 5.83. The smallest absolute Gasteiger partial charge is 0.337 e. The summed E-state index contributed by atoms with van der Waals surface area (Å²) in [5.74, 6) is -2.40. The van der Waals surface area contributed by atoms with Gasteiger partial charge >= 0.3 is 5.97 Å². The highest BCUT2D eigenvalue weighted by atomic mass is 35.5. The molecule has 180 valence electrons. The number of ketones is 1. The van der Waals surface area contributed by atoms with Crippen LogP contribution in [0, 0.1) is 0 Å². The van der Waals surface area contributed by atoms with Crippen molar-refractivity contribution in [3.63, 3.8) is 0 Å². The summed E-state index contributed by atoms with van der Waals surface area (Å²) in [4.78, 5) is 39.7. The van der Waals surface area contributed by atoms with E-state index in [-0.39, 0.29) is 44.7 Å². The summed E-state index contributed by atoms with van der Waals surface area (Å²) in [6.07, 6.45) is 1.38. The van der Waals surface area contributed by atoms with Gasteiger partial charge in [0.2, 0.25) is 0 Å². The standard InChI is InChI=1S/C25H20ClNO8/c1-32-18-12-16(26)19(33-2)11-15(18)22(28)20-21(17-8-5-9-35-17)27(24(30)23(20)29)14-7-4-6-13(10-14)25(31)34-3/h4-12,21,28H,1-3H3/b22-20+. The Morgan fingerprint density at radius 3 is 2.40 bits per heavy atom. The fraction of sp³-hybridized carbons (Fsp3) is 0.160. The van der Waals surface area contributed by atoms with Gasteiger partial charge in [0.25, 0.3) is 11.7 Å². The minimum Gasteiger partial charge on any atom is -0.507 e. The largest absolute Gasteiger partial charge is 0.507 e. The number of hydrogen-bond acceptors (Lipinski definition) is 8. The predicted molar refractivity (Wildman–Crippen MR) is 126 cm³/mol. The van der Waals surface area contributed by atoms with E-state index in [0.717, 1.165) is 4.90 Å². The van der Waals surface area contributed by atoms with Gasteiger partial charge in [-0.1, -0.05) is 17.7 Å². The van der Waals surface area contributed by atoms with Crippen molar-refractivity contribution < 1.29 is 38.1 Å². The van der Waals surface area contributed by atoms with Crippen LogP contribution < -0.4 is 14.4 Å². The Morgan fingerprint density at radius 1 is 1.03 bits per heavy atom. The highest BCUT2D eigenvalue weighted by Gasteiger charge is 2.48. The number of nitrogens with zero attached hydrogens (tertiary/aromatic N) is 1. The molecule has 0 aliphatic carbocycles. The van der Waals surface area contributed by atoms with Gasteiger partial charge in [-0.2, -0.15) is 0 Å². The number of benzene rings is 2. The van der Waals surface area contributed by atoms with Crippen LogP contribution in [0.4, 0.5) is 5.69 Å². The van der Waals surface area contributed by atoms with Crippen molar-refractivity contribution in [2.45, 2.75) is 6.04 Å². The summed E-state index contributed by atoms with van der Waals surface area (Å²) in [6.45, 7) is 0. The molecule has 1 atom stereocenters. The van der Waals surface area contributed by atoms with Crippen molar-refractivity contribution >= 4 is 40.7 Å². The fourth-order valence-corrected chi connectivity index (χ4v) is 4.14. The average molecular weight is 498 g/mol. The topological polar surface area (TPSA) is 116 Å². The second-order valence-electron chi connectivity index (χ2n) is 7.41. The van der Waals surface area contributed by atoms with Gasteiger partial charge in [0.1, 0.15) is 29.1 Å². The van der Waals surface area contributed by atoms with E-state index in [0.29, 0.717) is 0 Å². The zero-order chi connectivity index (χ0) is 25.3. The number of carbonyl (C=O) groups is 3. The highest BCUT2D eigenvalue weighted by molar-refractivity contribution is 6.51. The Morgan fingerprint density at radius 2 is 1.77 bits per heavy atom. The van der Waals surface area contributed by atoms with Crippen LogP contribution in [-0.2, 0) is 14.3 Å². The average Bonchev–Trinajstić information content (AvgIpc) is 3.49. The first kappa shape index (κ1) is 23.9. The minimum atomic E-state index is -1.13. The maximum absolute atomic E-state index is 13.3. The number of aliphatic hydroxyl groups excluding tert-OH is 1. The third kappa shape index (κ3) is 4.10. The van der Waals surface area contributed by atoms with Crippen LogP contribution in [0.15, 0.2) is 64.8 Å². The van der Waals surface area contributed by atoms with Crippen LogP contribution in [-0.4, -0.2) is 44.1 Å². The van der Waals surface area contributed by atoms with E-state index in [4.69, 9.17) is 30.2 Å². The number of halogens is 1. The van der Waals surface area contributed by atoms with Gasteiger partial charge in [0, 0.05) is 11.8 Å². The normalized spacial score (nSPS) is 16.9. The Balaban J connectivity index is 1.95. The van der Waals surface area contributed by atoms with Gasteiger partial charge in [-0.3, -0.25) is 14.5 Å². The summed E-state index contributed by atoms with van der Waals surface area (Å²) in [7, 11) is 4.00. The van der Waals surface area contributed by atoms with Crippen molar-refractivity contribution in [1.82, 2.24) is 0 Å². The van der Waals surface area contributed by atoms with Crippen LogP contribution in [0.1, 0.15) is 27.7 Å². The van der Waals surface area contributed by atoms with Crippen molar-refractivity contribution in [2.75, 3.05) is 26.2 Å².